The lowest BCUT2D eigenvalue weighted by Crippen LogP contribution is -2.16. The SMILES string of the molecule is CCCCCCNCc1c(C)cc(C)cc1C. The molecule has 0 aliphatic heterocycles. The van der Waals surface area contributed by atoms with Gasteiger partial charge in [-0.15, -0.1) is 0 Å². The molecule has 0 fully saturated rings. The molecular weight excluding hydrogens is 206 g/mol. The van der Waals surface area contributed by atoms with Crippen molar-refractivity contribution in [1.82, 2.24) is 5.32 Å². The Morgan fingerprint density at radius 3 is 2.18 bits per heavy atom. The molecule has 0 heterocycles. The van der Waals surface area contributed by atoms with Crippen LogP contribution in [0.4, 0.5) is 0 Å². The molecule has 0 saturated carbocycles. The van der Waals surface area contributed by atoms with Gasteiger partial charge in [-0.3, -0.25) is 0 Å². The standard InChI is InChI=1S/C16H27N/c1-5-6-7-8-9-17-12-16-14(3)10-13(2)11-15(16)4/h10-11,17H,5-9,12H2,1-4H3. The van der Waals surface area contributed by atoms with Gasteiger partial charge in [0.05, 0.1) is 0 Å². The summed E-state index contributed by atoms with van der Waals surface area (Å²) < 4.78 is 0. The Labute approximate surface area is 107 Å². The van der Waals surface area contributed by atoms with E-state index >= 15 is 0 Å². The maximum absolute atomic E-state index is 3.56. The zero-order valence-corrected chi connectivity index (χ0v) is 11.9. The van der Waals surface area contributed by atoms with Gasteiger partial charge in [-0.05, 0) is 50.4 Å². The van der Waals surface area contributed by atoms with E-state index in [1.165, 1.54) is 47.9 Å². The minimum Gasteiger partial charge on any atom is -0.313 e. The summed E-state index contributed by atoms with van der Waals surface area (Å²) in [5, 5.41) is 3.56. The molecule has 1 rings (SSSR count). The predicted molar refractivity (Wildman–Crippen MR) is 76.5 cm³/mol. The van der Waals surface area contributed by atoms with E-state index in [1.807, 2.05) is 0 Å². The van der Waals surface area contributed by atoms with Gasteiger partial charge in [0.15, 0.2) is 0 Å². The molecule has 0 unspecified atom stereocenters. The largest absolute Gasteiger partial charge is 0.313 e. The number of rotatable bonds is 7. The zero-order chi connectivity index (χ0) is 12.7. The van der Waals surface area contributed by atoms with Crippen LogP contribution >= 0.6 is 0 Å². The Hall–Kier alpha value is -0.820. The molecule has 1 N–H and O–H groups in total. The van der Waals surface area contributed by atoms with Gasteiger partial charge >= 0.3 is 0 Å². The monoisotopic (exact) mass is 233 g/mol. The number of nitrogens with one attached hydrogen (secondary N) is 1. The van der Waals surface area contributed by atoms with Crippen molar-refractivity contribution in [3.05, 3.63) is 34.4 Å². The fourth-order valence-electron chi connectivity index (χ4n) is 2.38. The molecule has 0 spiro atoms. The zero-order valence-electron chi connectivity index (χ0n) is 11.9. The van der Waals surface area contributed by atoms with E-state index in [-0.39, 0.29) is 0 Å². The van der Waals surface area contributed by atoms with Crippen molar-refractivity contribution >= 4 is 0 Å². The highest BCUT2D eigenvalue weighted by Crippen LogP contribution is 2.15. The summed E-state index contributed by atoms with van der Waals surface area (Å²) in [6.45, 7) is 11.0. The van der Waals surface area contributed by atoms with Crippen molar-refractivity contribution in [1.29, 1.82) is 0 Å². The molecule has 0 saturated heterocycles. The molecule has 0 amide bonds. The maximum atomic E-state index is 3.56. The fourth-order valence-corrected chi connectivity index (χ4v) is 2.38. The van der Waals surface area contributed by atoms with Crippen LogP contribution in [0.15, 0.2) is 12.1 Å². The van der Waals surface area contributed by atoms with Gasteiger partial charge in [-0.1, -0.05) is 43.9 Å². The van der Waals surface area contributed by atoms with Gasteiger partial charge in [0.1, 0.15) is 0 Å². The molecule has 1 aromatic rings. The Balaban J connectivity index is 2.36. The quantitative estimate of drug-likeness (QED) is 0.693. The Morgan fingerprint density at radius 1 is 0.941 bits per heavy atom. The third kappa shape index (κ3) is 4.91. The van der Waals surface area contributed by atoms with Crippen LogP contribution in [-0.2, 0) is 6.54 Å². The molecule has 17 heavy (non-hydrogen) atoms. The van der Waals surface area contributed by atoms with E-state index in [1.54, 1.807) is 0 Å². The van der Waals surface area contributed by atoms with E-state index in [4.69, 9.17) is 0 Å². The summed E-state index contributed by atoms with van der Waals surface area (Å²) in [5.74, 6) is 0. The number of aryl methyl sites for hydroxylation is 3. The van der Waals surface area contributed by atoms with Gasteiger partial charge in [0.2, 0.25) is 0 Å². The van der Waals surface area contributed by atoms with Crippen LogP contribution in [0, 0.1) is 20.8 Å². The molecule has 96 valence electrons. The molecule has 0 radical (unpaired) electrons. The Bertz CT molecular complexity index is 318. The van der Waals surface area contributed by atoms with Crippen LogP contribution in [0.25, 0.3) is 0 Å². The average molecular weight is 233 g/mol. The number of benzene rings is 1. The minimum absolute atomic E-state index is 1.02. The van der Waals surface area contributed by atoms with Crippen molar-refractivity contribution in [2.45, 2.75) is 59.9 Å². The number of unbranched alkanes of at least 4 members (excludes halogenated alkanes) is 3. The fraction of sp³-hybridized carbons (Fsp3) is 0.625. The van der Waals surface area contributed by atoms with Crippen molar-refractivity contribution in [2.24, 2.45) is 0 Å². The van der Waals surface area contributed by atoms with Crippen molar-refractivity contribution < 1.29 is 0 Å². The second-order valence-electron chi connectivity index (χ2n) is 5.11. The van der Waals surface area contributed by atoms with Gasteiger partial charge in [0, 0.05) is 6.54 Å². The minimum atomic E-state index is 1.02. The average Bonchev–Trinajstić information content (AvgIpc) is 2.26. The van der Waals surface area contributed by atoms with E-state index in [2.05, 4.69) is 45.1 Å². The summed E-state index contributed by atoms with van der Waals surface area (Å²) in [4.78, 5) is 0. The lowest BCUT2D eigenvalue weighted by atomic mass is 10.00. The highest BCUT2D eigenvalue weighted by Gasteiger charge is 2.02. The number of hydrogen-bond acceptors (Lipinski definition) is 1. The first-order valence-electron chi connectivity index (χ1n) is 6.92. The van der Waals surface area contributed by atoms with E-state index < -0.39 is 0 Å². The lowest BCUT2D eigenvalue weighted by molar-refractivity contribution is 0.596. The van der Waals surface area contributed by atoms with E-state index in [0.717, 1.165) is 13.1 Å². The third-order valence-corrected chi connectivity index (χ3v) is 3.35. The molecule has 0 aliphatic carbocycles. The third-order valence-electron chi connectivity index (χ3n) is 3.35. The number of hydrogen-bond donors (Lipinski definition) is 1. The lowest BCUT2D eigenvalue weighted by Gasteiger charge is -2.12. The summed E-state index contributed by atoms with van der Waals surface area (Å²) in [7, 11) is 0. The molecule has 0 aromatic heterocycles. The van der Waals surface area contributed by atoms with E-state index in [0.29, 0.717) is 0 Å². The summed E-state index contributed by atoms with van der Waals surface area (Å²) in [5.41, 5.74) is 5.69. The molecule has 0 atom stereocenters. The smallest absolute Gasteiger partial charge is 0.0210 e. The first-order chi connectivity index (χ1) is 8.15. The van der Waals surface area contributed by atoms with Gasteiger partial charge in [0.25, 0.3) is 0 Å². The molecule has 1 aromatic carbocycles. The van der Waals surface area contributed by atoms with Crippen molar-refractivity contribution in [2.75, 3.05) is 6.54 Å². The second-order valence-corrected chi connectivity index (χ2v) is 5.11. The molecule has 1 heteroatoms. The van der Waals surface area contributed by atoms with Crippen LogP contribution in [-0.4, -0.2) is 6.54 Å². The molecular formula is C16H27N. The van der Waals surface area contributed by atoms with Crippen LogP contribution in [0.1, 0.15) is 54.9 Å². The topological polar surface area (TPSA) is 12.0 Å². The summed E-state index contributed by atoms with van der Waals surface area (Å²) in [6, 6.07) is 4.56. The molecule has 0 bridgehead atoms. The summed E-state index contributed by atoms with van der Waals surface area (Å²) in [6.07, 6.45) is 5.34. The van der Waals surface area contributed by atoms with Crippen LogP contribution in [0.3, 0.4) is 0 Å². The summed E-state index contributed by atoms with van der Waals surface area (Å²) >= 11 is 0. The van der Waals surface area contributed by atoms with Gasteiger partial charge in [-0.25, -0.2) is 0 Å². The van der Waals surface area contributed by atoms with Gasteiger partial charge < -0.3 is 5.32 Å². The van der Waals surface area contributed by atoms with Crippen LogP contribution in [0.5, 0.6) is 0 Å². The second kappa shape index (κ2) is 7.50. The Morgan fingerprint density at radius 2 is 1.59 bits per heavy atom. The molecule has 1 nitrogen and oxygen atoms in total. The first-order valence-corrected chi connectivity index (χ1v) is 6.92. The van der Waals surface area contributed by atoms with Crippen LogP contribution in [0.2, 0.25) is 0 Å². The van der Waals surface area contributed by atoms with Gasteiger partial charge in [-0.2, -0.15) is 0 Å². The van der Waals surface area contributed by atoms with Crippen molar-refractivity contribution in [3.63, 3.8) is 0 Å². The first kappa shape index (κ1) is 14.2. The van der Waals surface area contributed by atoms with Crippen LogP contribution < -0.4 is 5.32 Å². The molecule has 0 aliphatic rings. The Kier molecular flexibility index (Phi) is 6.28. The normalized spacial score (nSPS) is 10.8. The predicted octanol–water partition coefficient (Wildman–Crippen LogP) is 4.28. The highest BCUT2D eigenvalue weighted by atomic mass is 14.8. The van der Waals surface area contributed by atoms with Crippen molar-refractivity contribution in [3.8, 4) is 0 Å². The van der Waals surface area contributed by atoms with E-state index in [9.17, 15) is 0 Å². The maximum Gasteiger partial charge on any atom is 0.0210 e. The highest BCUT2D eigenvalue weighted by molar-refractivity contribution is 5.37.